The molecular formula is C6H16O3Si. The van der Waals surface area contributed by atoms with Crippen molar-refractivity contribution in [2.45, 2.75) is 26.9 Å². The van der Waals surface area contributed by atoms with Crippen LogP contribution in [0.1, 0.15) is 13.8 Å². The van der Waals surface area contributed by atoms with Crippen molar-refractivity contribution in [3.05, 3.63) is 0 Å². The van der Waals surface area contributed by atoms with Crippen LogP contribution in [0.2, 0.25) is 13.1 Å². The summed E-state index contributed by atoms with van der Waals surface area (Å²) < 4.78 is 10.4. The molecule has 0 N–H and O–H groups in total. The normalized spacial score (nSPS) is 12.0. The molecule has 0 saturated carbocycles. The van der Waals surface area contributed by atoms with Gasteiger partial charge in [0.15, 0.2) is 0 Å². The molecule has 0 fully saturated rings. The van der Waals surface area contributed by atoms with Crippen molar-refractivity contribution in [2.75, 3.05) is 13.2 Å². The summed E-state index contributed by atoms with van der Waals surface area (Å²) in [6.45, 7) is 8.99. The van der Waals surface area contributed by atoms with Crippen molar-refractivity contribution < 1.29 is 13.9 Å². The monoisotopic (exact) mass is 164 g/mol. The maximum absolute atomic E-state index is 5.32. The Balaban J connectivity index is 3.42. The molecule has 0 aliphatic heterocycles. The molecule has 0 amide bonds. The lowest BCUT2D eigenvalue weighted by Crippen LogP contribution is -2.34. The Hall–Kier alpha value is 0.0969. The van der Waals surface area contributed by atoms with Crippen molar-refractivity contribution in [2.24, 2.45) is 0 Å². The first-order valence-corrected chi connectivity index (χ1v) is 6.38. The highest BCUT2D eigenvalue weighted by Gasteiger charge is 2.25. The molecule has 0 spiro atoms. The van der Waals surface area contributed by atoms with E-state index in [2.05, 4.69) is 0 Å². The molecule has 0 aromatic heterocycles. The highest BCUT2D eigenvalue weighted by atomic mass is 28.4. The minimum absolute atomic E-state index is 0.573. The Bertz CT molecular complexity index is 85.1. The second kappa shape index (κ2) is 4.84. The maximum Gasteiger partial charge on any atom is 0.369 e. The summed E-state index contributed by atoms with van der Waals surface area (Å²) in [5.74, 6) is 0. The smallest absolute Gasteiger partial charge is 0.369 e. The zero-order chi connectivity index (χ0) is 8.04. The molecule has 62 valence electrons. The van der Waals surface area contributed by atoms with E-state index in [4.69, 9.17) is 13.9 Å². The molecule has 0 aromatic carbocycles. The van der Waals surface area contributed by atoms with Crippen molar-refractivity contribution in [1.82, 2.24) is 0 Å². The van der Waals surface area contributed by atoms with Gasteiger partial charge in [0.1, 0.15) is 0 Å². The third kappa shape index (κ3) is 4.93. The Morgan fingerprint density at radius 2 is 1.70 bits per heavy atom. The third-order valence-electron chi connectivity index (χ3n) is 0.869. The molecule has 0 aliphatic rings. The van der Waals surface area contributed by atoms with Gasteiger partial charge in [0.25, 0.3) is 0 Å². The van der Waals surface area contributed by atoms with E-state index in [9.17, 15) is 0 Å². The van der Waals surface area contributed by atoms with E-state index >= 15 is 0 Å². The molecule has 10 heavy (non-hydrogen) atoms. The highest BCUT2D eigenvalue weighted by Crippen LogP contribution is 2.05. The Kier molecular flexibility index (Phi) is 4.89. The molecule has 0 aromatic rings. The van der Waals surface area contributed by atoms with Crippen LogP contribution in [0.3, 0.4) is 0 Å². The van der Waals surface area contributed by atoms with Crippen LogP contribution in [0.15, 0.2) is 0 Å². The van der Waals surface area contributed by atoms with Crippen molar-refractivity contribution in [1.29, 1.82) is 0 Å². The molecule has 4 heteroatoms. The van der Waals surface area contributed by atoms with Crippen LogP contribution in [0, 0.1) is 0 Å². The topological polar surface area (TPSA) is 27.7 Å². The summed E-state index contributed by atoms with van der Waals surface area (Å²) in [4.78, 5) is 4.79. The lowest BCUT2D eigenvalue weighted by atomic mass is 10.9. The third-order valence-corrected chi connectivity index (χ3v) is 2.37. The standard InChI is InChI=1S/C6H16O3Si/c1-5-7-9-10(3,4)8-6-2/h5-6H2,1-4H3. The van der Waals surface area contributed by atoms with Gasteiger partial charge in [-0.25, -0.2) is 4.89 Å². The van der Waals surface area contributed by atoms with E-state index in [0.29, 0.717) is 13.2 Å². The second-order valence-electron chi connectivity index (χ2n) is 2.32. The van der Waals surface area contributed by atoms with Crippen LogP contribution >= 0.6 is 0 Å². The quantitative estimate of drug-likeness (QED) is 0.351. The fraction of sp³-hybridized carbons (Fsp3) is 1.00. The van der Waals surface area contributed by atoms with Gasteiger partial charge in [-0.15, -0.1) is 0 Å². The molecule has 0 saturated heterocycles. The molecule has 0 unspecified atom stereocenters. The molecule has 3 nitrogen and oxygen atoms in total. The van der Waals surface area contributed by atoms with Crippen LogP contribution in [-0.4, -0.2) is 21.8 Å². The lowest BCUT2D eigenvalue weighted by molar-refractivity contribution is -0.227. The van der Waals surface area contributed by atoms with Crippen molar-refractivity contribution in [3.8, 4) is 0 Å². The summed E-state index contributed by atoms with van der Waals surface area (Å²) in [5, 5.41) is 0. The molecule has 0 bridgehead atoms. The van der Waals surface area contributed by atoms with Gasteiger partial charge in [0.05, 0.1) is 6.61 Å². The minimum Gasteiger partial charge on any atom is -0.393 e. The van der Waals surface area contributed by atoms with Crippen LogP contribution in [0.4, 0.5) is 0 Å². The largest absolute Gasteiger partial charge is 0.393 e. The Morgan fingerprint density at radius 3 is 2.10 bits per heavy atom. The first-order chi connectivity index (χ1) is 4.62. The molecule has 0 heterocycles. The van der Waals surface area contributed by atoms with E-state index < -0.39 is 8.56 Å². The summed E-state index contributed by atoms with van der Waals surface area (Å²) >= 11 is 0. The summed E-state index contributed by atoms with van der Waals surface area (Å²) in [5.41, 5.74) is 0. The van der Waals surface area contributed by atoms with Crippen molar-refractivity contribution >= 4 is 8.56 Å². The second-order valence-corrected chi connectivity index (χ2v) is 5.58. The zero-order valence-electron chi connectivity index (χ0n) is 7.14. The first-order valence-electron chi connectivity index (χ1n) is 3.57. The average molecular weight is 164 g/mol. The van der Waals surface area contributed by atoms with Gasteiger partial charge < -0.3 is 4.43 Å². The highest BCUT2D eigenvalue weighted by molar-refractivity contribution is 6.64. The van der Waals surface area contributed by atoms with Gasteiger partial charge in [-0.05, 0) is 26.9 Å². The molecular weight excluding hydrogens is 148 g/mol. The van der Waals surface area contributed by atoms with Crippen molar-refractivity contribution in [3.63, 3.8) is 0 Å². The number of hydrogen-bond acceptors (Lipinski definition) is 3. The van der Waals surface area contributed by atoms with Gasteiger partial charge in [-0.3, -0.25) is 4.58 Å². The van der Waals surface area contributed by atoms with Gasteiger partial charge >= 0.3 is 8.56 Å². The average Bonchev–Trinajstić information content (AvgIpc) is 1.84. The summed E-state index contributed by atoms with van der Waals surface area (Å²) in [6.07, 6.45) is 0. The van der Waals surface area contributed by atoms with E-state index in [1.54, 1.807) is 0 Å². The Morgan fingerprint density at radius 1 is 1.10 bits per heavy atom. The van der Waals surface area contributed by atoms with Crippen LogP contribution in [0.25, 0.3) is 0 Å². The fourth-order valence-corrected chi connectivity index (χ4v) is 1.72. The zero-order valence-corrected chi connectivity index (χ0v) is 8.14. The van der Waals surface area contributed by atoms with E-state index in [-0.39, 0.29) is 0 Å². The number of hydrogen-bond donors (Lipinski definition) is 0. The maximum atomic E-state index is 5.32. The lowest BCUT2D eigenvalue weighted by Gasteiger charge is -2.19. The Labute approximate surface area is 63.5 Å². The molecule has 0 radical (unpaired) electrons. The minimum atomic E-state index is -1.95. The van der Waals surface area contributed by atoms with Crippen LogP contribution in [0.5, 0.6) is 0 Å². The molecule has 0 rings (SSSR count). The SMILES string of the molecule is CCOO[Si](C)(C)OCC. The predicted octanol–water partition coefficient (Wildman–Crippen LogP) is 1.69. The summed E-state index contributed by atoms with van der Waals surface area (Å²) in [6, 6.07) is 0. The predicted molar refractivity (Wildman–Crippen MR) is 41.8 cm³/mol. The number of rotatable bonds is 5. The molecule has 0 atom stereocenters. The fourth-order valence-electron chi connectivity index (χ4n) is 0.572. The molecule has 0 aliphatic carbocycles. The van der Waals surface area contributed by atoms with E-state index in [1.165, 1.54) is 0 Å². The van der Waals surface area contributed by atoms with E-state index in [1.807, 2.05) is 26.9 Å². The van der Waals surface area contributed by atoms with Gasteiger partial charge in [-0.2, -0.15) is 0 Å². The van der Waals surface area contributed by atoms with Gasteiger partial charge in [0, 0.05) is 6.61 Å². The first kappa shape index (κ1) is 10.1. The van der Waals surface area contributed by atoms with Gasteiger partial charge in [-0.1, -0.05) is 0 Å². The van der Waals surface area contributed by atoms with Crippen LogP contribution < -0.4 is 0 Å². The van der Waals surface area contributed by atoms with Crippen LogP contribution in [-0.2, 0) is 13.9 Å². The summed E-state index contributed by atoms with van der Waals surface area (Å²) in [7, 11) is -1.95. The van der Waals surface area contributed by atoms with Gasteiger partial charge in [0.2, 0.25) is 0 Å². The van der Waals surface area contributed by atoms with E-state index in [0.717, 1.165) is 0 Å².